The van der Waals surface area contributed by atoms with Crippen LogP contribution in [-0.2, 0) is 22.4 Å². The molecule has 6 nitrogen and oxygen atoms in total. The fourth-order valence-electron chi connectivity index (χ4n) is 2.56. The molecule has 2 N–H and O–H groups in total. The molecule has 0 aromatic heterocycles. The minimum absolute atomic E-state index is 0.391. The smallest absolute Gasteiger partial charge is 0.339 e. The van der Waals surface area contributed by atoms with Crippen LogP contribution in [0.3, 0.4) is 0 Å². The maximum absolute atomic E-state index is 12.5. The number of imide groups is 1. The predicted octanol–water partition coefficient (Wildman–Crippen LogP) is 2.86. The Labute approximate surface area is 158 Å². The second kappa shape index (κ2) is 10.1. The molecule has 2 aromatic carbocycles. The van der Waals surface area contributed by atoms with Gasteiger partial charge in [-0.2, -0.15) is 0 Å². The number of esters is 1. The number of ether oxygens (including phenoxy) is 1. The lowest BCUT2D eigenvalue weighted by Gasteiger charge is -2.15. The Balaban J connectivity index is 1.99. The third kappa shape index (κ3) is 6.26. The van der Waals surface area contributed by atoms with Crippen LogP contribution in [0.2, 0.25) is 0 Å². The van der Waals surface area contributed by atoms with E-state index in [1.807, 2.05) is 42.5 Å². The van der Waals surface area contributed by atoms with Crippen LogP contribution in [0.15, 0.2) is 54.6 Å². The van der Waals surface area contributed by atoms with E-state index in [1.165, 1.54) is 12.5 Å². The molecule has 27 heavy (non-hydrogen) atoms. The molecule has 0 aliphatic rings. The van der Waals surface area contributed by atoms with Crippen molar-refractivity contribution < 1.29 is 19.1 Å². The van der Waals surface area contributed by atoms with Gasteiger partial charge in [0.1, 0.15) is 0 Å². The van der Waals surface area contributed by atoms with Gasteiger partial charge in [0.15, 0.2) is 6.10 Å². The first-order chi connectivity index (χ1) is 13.0. The summed E-state index contributed by atoms with van der Waals surface area (Å²) in [5.41, 5.74) is 2.45. The summed E-state index contributed by atoms with van der Waals surface area (Å²) in [7, 11) is 0. The first-order valence-corrected chi connectivity index (χ1v) is 8.92. The van der Waals surface area contributed by atoms with Gasteiger partial charge in [0.2, 0.25) is 0 Å². The monoisotopic (exact) mass is 368 g/mol. The summed E-state index contributed by atoms with van der Waals surface area (Å²) in [5.74, 6) is -1.26. The van der Waals surface area contributed by atoms with E-state index in [-0.39, 0.29) is 0 Å². The number of carbonyl (C=O) groups excluding carboxylic acids is 3. The molecular weight excluding hydrogens is 344 g/mol. The second-order valence-electron chi connectivity index (χ2n) is 6.04. The average Bonchev–Trinajstić information content (AvgIpc) is 2.67. The topological polar surface area (TPSA) is 84.5 Å². The maximum Gasteiger partial charge on any atom is 0.339 e. The van der Waals surface area contributed by atoms with Crippen molar-refractivity contribution in [3.05, 3.63) is 71.3 Å². The second-order valence-corrected chi connectivity index (χ2v) is 6.04. The number of hydrogen-bond donors (Lipinski definition) is 2. The third-order valence-corrected chi connectivity index (χ3v) is 3.99. The van der Waals surface area contributed by atoms with Crippen molar-refractivity contribution in [2.45, 2.75) is 32.8 Å². The Hall–Kier alpha value is -3.15. The SMILES string of the molecule is CCNC(=O)NC(=O)[C@H](C)OC(=O)c1ccccc1CCc1ccccc1. The largest absolute Gasteiger partial charge is 0.449 e. The molecule has 1 atom stereocenters. The van der Waals surface area contributed by atoms with E-state index in [9.17, 15) is 14.4 Å². The Bertz CT molecular complexity index is 790. The minimum Gasteiger partial charge on any atom is -0.449 e. The lowest BCUT2D eigenvalue weighted by Crippen LogP contribution is -2.44. The molecule has 3 amide bonds. The van der Waals surface area contributed by atoms with Crippen LogP contribution in [0, 0.1) is 0 Å². The maximum atomic E-state index is 12.5. The molecule has 0 bridgehead atoms. The third-order valence-electron chi connectivity index (χ3n) is 3.99. The van der Waals surface area contributed by atoms with E-state index in [4.69, 9.17) is 4.74 Å². The Morgan fingerprint density at radius 2 is 1.63 bits per heavy atom. The molecule has 2 aromatic rings. The van der Waals surface area contributed by atoms with Crippen molar-refractivity contribution in [1.29, 1.82) is 0 Å². The van der Waals surface area contributed by atoms with Gasteiger partial charge in [-0.25, -0.2) is 9.59 Å². The van der Waals surface area contributed by atoms with Crippen LogP contribution >= 0.6 is 0 Å². The average molecular weight is 368 g/mol. The summed E-state index contributed by atoms with van der Waals surface area (Å²) in [6.45, 7) is 3.56. The zero-order valence-corrected chi connectivity index (χ0v) is 15.5. The summed E-state index contributed by atoms with van der Waals surface area (Å²) in [6.07, 6.45) is 0.384. The highest BCUT2D eigenvalue weighted by molar-refractivity contribution is 5.98. The first kappa shape index (κ1) is 20.2. The molecule has 0 saturated heterocycles. The quantitative estimate of drug-likeness (QED) is 0.736. The van der Waals surface area contributed by atoms with E-state index in [2.05, 4.69) is 10.6 Å². The molecule has 0 radical (unpaired) electrons. The molecule has 0 heterocycles. The van der Waals surface area contributed by atoms with E-state index < -0.39 is 24.0 Å². The van der Waals surface area contributed by atoms with Crippen LogP contribution in [0.25, 0.3) is 0 Å². The van der Waals surface area contributed by atoms with Gasteiger partial charge >= 0.3 is 12.0 Å². The molecule has 0 saturated carbocycles. The van der Waals surface area contributed by atoms with Gasteiger partial charge < -0.3 is 10.1 Å². The number of nitrogens with one attached hydrogen (secondary N) is 2. The molecule has 0 spiro atoms. The summed E-state index contributed by atoms with van der Waals surface area (Å²) >= 11 is 0. The van der Waals surface area contributed by atoms with Gasteiger partial charge in [-0.1, -0.05) is 48.5 Å². The lowest BCUT2D eigenvalue weighted by molar-refractivity contribution is -0.127. The number of rotatable bonds is 7. The van der Waals surface area contributed by atoms with E-state index in [0.29, 0.717) is 18.5 Å². The standard InChI is InChI=1S/C21H24N2O4/c1-3-22-21(26)23-19(24)15(2)27-20(25)18-12-8-7-11-17(18)14-13-16-9-5-4-6-10-16/h4-12,15H,3,13-14H2,1-2H3,(H2,22,23,24,26)/t15-/m0/s1. The van der Waals surface area contributed by atoms with Gasteiger partial charge in [-0.3, -0.25) is 10.1 Å². The Kier molecular flexibility index (Phi) is 7.55. The highest BCUT2D eigenvalue weighted by atomic mass is 16.5. The molecule has 0 aliphatic carbocycles. The van der Waals surface area contributed by atoms with Crippen molar-refractivity contribution in [2.24, 2.45) is 0 Å². The molecule has 6 heteroatoms. The van der Waals surface area contributed by atoms with Crippen molar-refractivity contribution in [3.63, 3.8) is 0 Å². The number of benzene rings is 2. The molecule has 0 unspecified atom stereocenters. The fraction of sp³-hybridized carbons (Fsp3) is 0.286. The van der Waals surface area contributed by atoms with Gasteiger partial charge in [0.25, 0.3) is 5.91 Å². The number of carbonyl (C=O) groups is 3. The van der Waals surface area contributed by atoms with E-state index >= 15 is 0 Å². The zero-order chi connectivity index (χ0) is 19.6. The highest BCUT2D eigenvalue weighted by Gasteiger charge is 2.22. The van der Waals surface area contributed by atoms with E-state index in [0.717, 1.165) is 12.0 Å². The molecular formula is C21H24N2O4. The number of amides is 3. The van der Waals surface area contributed by atoms with Crippen molar-refractivity contribution >= 4 is 17.9 Å². The number of hydrogen-bond acceptors (Lipinski definition) is 4. The zero-order valence-electron chi connectivity index (χ0n) is 15.5. The van der Waals surface area contributed by atoms with Crippen LogP contribution in [-0.4, -0.2) is 30.6 Å². The normalized spacial score (nSPS) is 11.3. The fourth-order valence-corrected chi connectivity index (χ4v) is 2.56. The van der Waals surface area contributed by atoms with Crippen LogP contribution in [0.1, 0.15) is 35.3 Å². The van der Waals surface area contributed by atoms with Gasteiger partial charge in [0, 0.05) is 6.54 Å². The van der Waals surface area contributed by atoms with Gasteiger partial charge in [-0.15, -0.1) is 0 Å². The van der Waals surface area contributed by atoms with Crippen LogP contribution in [0.4, 0.5) is 4.79 Å². The summed E-state index contributed by atoms with van der Waals surface area (Å²) in [5, 5.41) is 4.58. The minimum atomic E-state index is -1.08. The molecule has 2 rings (SSSR count). The molecule has 142 valence electrons. The Morgan fingerprint density at radius 1 is 0.963 bits per heavy atom. The summed E-state index contributed by atoms with van der Waals surface area (Å²) < 4.78 is 5.24. The summed E-state index contributed by atoms with van der Waals surface area (Å²) in [4.78, 5) is 35.8. The number of urea groups is 1. The van der Waals surface area contributed by atoms with Crippen molar-refractivity contribution in [1.82, 2.24) is 10.6 Å². The molecule has 0 fully saturated rings. The molecule has 0 aliphatic heterocycles. The van der Waals surface area contributed by atoms with Crippen LogP contribution < -0.4 is 10.6 Å². The lowest BCUT2D eigenvalue weighted by atomic mass is 10.00. The van der Waals surface area contributed by atoms with Crippen molar-refractivity contribution in [2.75, 3.05) is 6.54 Å². The first-order valence-electron chi connectivity index (χ1n) is 8.92. The van der Waals surface area contributed by atoms with Crippen molar-refractivity contribution in [3.8, 4) is 0 Å². The van der Waals surface area contributed by atoms with E-state index in [1.54, 1.807) is 19.1 Å². The predicted molar refractivity (Wildman–Crippen MR) is 102 cm³/mol. The number of aryl methyl sites for hydroxylation is 2. The Morgan fingerprint density at radius 3 is 2.33 bits per heavy atom. The van der Waals surface area contributed by atoms with Gasteiger partial charge in [-0.05, 0) is 43.9 Å². The van der Waals surface area contributed by atoms with Crippen LogP contribution in [0.5, 0.6) is 0 Å². The highest BCUT2D eigenvalue weighted by Crippen LogP contribution is 2.15. The summed E-state index contributed by atoms with van der Waals surface area (Å²) in [6, 6.07) is 16.5. The van der Waals surface area contributed by atoms with Gasteiger partial charge in [0.05, 0.1) is 5.56 Å².